The standard InChI is InChI=1S/C9H7NO2/c11-6-2-1-3-8-4-5-9(12)10-7-8/h4-7H,2H2,(H,10,12). The first kappa shape index (κ1) is 8.28. The summed E-state index contributed by atoms with van der Waals surface area (Å²) in [5.41, 5.74) is 0.549. The van der Waals surface area contributed by atoms with Gasteiger partial charge in [-0.3, -0.25) is 4.79 Å². The number of carbonyl (C=O) groups excluding carboxylic acids is 1. The first-order valence-electron chi connectivity index (χ1n) is 3.44. The van der Waals surface area contributed by atoms with Gasteiger partial charge in [0.15, 0.2) is 0 Å². The van der Waals surface area contributed by atoms with E-state index >= 15 is 0 Å². The van der Waals surface area contributed by atoms with E-state index in [1.807, 2.05) is 0 Å². The fourth-order valence-electron chi connectivity index (χ4n) is 0.683. The molecule has 0 radical (unpaired) electrons. The topological polar surface area (TPSA) is 49.9 Å². The van der Waals surface area contributed by atoms with Crippen molar-refractivity contribution in [2.75, 3.05) is 0 Å². The number of aldehydes is 1. The van der Waals surface area contributed by atoms with Gasteiger partial charge in [0.25, 0.3) is 0 Å². The van der Waals surface area contributed by atoms with Crippen LogP contribution in [-0.4, -0.2) is 11.3 Å². The molecule has 0 amide bonds. The lowest BCUT2D eigenvalue weighted by molar-refractivity contribution is -0.107. The zero-order valence-electron chi connectivity index (χ0n) is 6.33. The highest BCUT2D eigenvalue weighted by molar-refractivity contribution is 5.54. The summed E-state index contributed by atoms with van der Waals surface area (Å²) in [6, 6.07) is 3.00. The van der Waals surface area contributed by atoms with Crippen molar-refractivity contribution in [3.05, 3.63) is 34.2 Å². The molecule has 1 heterocycles. The lowest BCUT2D eigenvalue weighted by atomic mass is 10.3. The molecule has 1 aromatic heterocycles. The third-order valence-corrected chi connectivity index (χ3v) is 1.20. The Kier molecular flexibility index (Phi) is 2.86. The van der Waals surface area contributed by atoms with Crippen LogP contribution in [0.4, 0.5) is 0 Å². The molecule has 60 valence electrons. The number of hydrogen-bond donors (Lipinski definition) is 1. The van der Waals surface area contributed by atoms with E-state index in [-0.39, 0.29) is 12.0 Å². The van der Waals surface area contributed by atoms with Crippen molar-refractivity contribution in [3.63, 3.8) is 0 Å². The summed E-state index contributed by atoms with van der Waals surface area (Å²) in [6.45, 7) is 0. The number of pyridine rings is 1. The maximum Gasteiger partial charge on any atom is 0.247 e. The predicted molar refractivity (Wildman–Crippen MR) is 44.6 cm³/mol. The van der Waals surface area contributed by atoms with Gasteiger partial charge >= 0.3 is 0 Å². The lowest BCUT2D eigenvalue weighted by Crippen LogP contribution is -2.01. The minimum atomic E-state index is -0.157. The molecule has 0 aliphatic rings. The van der Waals surface area contributed by atoms with Crippen LogP contribution in [0.1, 0.15) is 12.0 Å². The summed E-state index contributed by atoms with van der Waals surface area (Å²) in [5, 5.41) is 0. The van der Waals surface area contributed by atoms with Gasteiger partial charge in [0.2, 0.25) is 5.56 Å². The van der Waals surface area contributed by atoms with Gasteiger partial charge < -0.3 is 9.78 Å². The van der Waals surface area contributed by atoms with Crippen LogP contribution >= 0.6 is 0 Å². The van der Waals surface area contributed by atoms with Crippen LogP contribution in [-0.2, 0) is 4.79 Å². The third kappa shape index (κ3) is 2.43. The molecule has 0 bridgehead atoms. The van der Waals surface area contributed by atoms with E-state index in [4.69, 9.17) is 0 Å². The molecule has 0 aliphatic heterocycles. The minimum Gasteiger partial charge on any atom is -0.328 e. The number of aromatic amines is 1. The van der Waals surface area contributed by atoms with Crippen LogP contribution in [0.3, 0.4) is 0 Å². The Hall–Kier alpha value is -1.82. The van der Waals surface area contributed by atoms with Crippen LogP contribution in [0.2, 0.25) is 0 Å². The van der Waals surface area contributed by atoms with Gasteiger partial charge in [0, 0.05) is 17.8 Å². The van der Waals surface area contributed by atoms with Gasteiger partial charge in [-0.1, -0.05) is 11.8 Å². The SMILES string of the molecule is O=CCC#Cc1ccc(=O)[nH]c1. The summed E-state index contributed by atoms with van der Waals surface area (Å²) in [4.78, 5) is 23.0. The van der Waals surface area contributed by atoms with Gasteiger partial charge in [-0.25, -0.2) is 0 Å². The largest absolute Gasteiger partial charge is 0.328 e. The molecule has 0 spiro atoms. The lowest BCUT2D eigenvalue weighted by Gasteiger charge is -1.85. The molecule has 12 heavy (non-hydrogen) atoms. The molecule has 3 heteroatoms. The average molecular weight is 161 g/mol. The normalized spacial score (nSPS) is 8.33. The second kappa shape index (κ2) is 4.14. The average Bonchev–Trinajstić information content (AvgIpc) is 2.09. The summed E-state index contributed by atoms with van der Waals surface area (Å²) in [7, 11) is 0. The molecule has 0 fully saturated rings. The molecule has 3 nitrogen and oxygen atoms in total. The van der Waals surface area contributed by atoms with Gasteiger partial charge in [-0.15, -0.1) is 0 Å². The highest BCUT2D eigenvalue weighted by Gasteiger charge is 1.84. The second-order valence-corrected chi connectivity index (χ2v) is 2.11. The van der Waals surface area contributed by atoms with E-state index in [1.54, 1.807) is 6.07 Å². The quantitative estimate of drug-likeness (QED) is 0.476. The first-order chi connectivity index (χ1) is 5.83. The molecule has 0 aliphatic carbocycles. The molecule has 0 aromatic carbocycles. The smallest absolute Gasteiger partial charge is 0.247 e. The van der Waals surface area contributed by atoms with Gasteiger partial charge in [0.1, 0.15) is 6.29 Å². The second-order valence-electron chi connectivity index (χ2n) is 2.11. The zero-order valence-corrected chi connectivity index (χ0v) is 6.33. The molecule has 1 aromatic rings. The summed E-state index contributed by atoms with van der Waals surface area (Å²) >= 11 is 0. The summed E-state index contributed by atoms with van der Waals surface area (Å²) in [5.74, 6) is 5.35. The Balaban J connectivity index is 2.79. The van der Waals surface area contributed by atoms with Crippen LogP contribution in [0, 0.1) is 11.8 Å². The number of hydrogen-bond acceptors (Lipinski definition) is 2. The number of carbonyl (C=O) groups is 1. The van der Waals surface area contributed by atoms with Crippen LogP contribution in [0.15, 0.2) is 23.1 Å². The van der Waals surface area contributed by atoms with Crippen molar-refractivity contribution in [1.82, 2.24) is 4.98 Å². The Morgan fingerprint density at radius 3 is 2.92 bits per heavy atom. The van der Waals surface area contributed by atoms with Gasteiger partial charge in [0.05, 0.1) is 6.42 Å². The predicted octanol–water partition coefficient (Wildman–Crippen LogP) is 0.315. The van der Waals surface area contributed by atoms with Crippen molar-refractivity contribution >= 4 is 6.29 Å². The van der Waals surface area contributed by atoms with Crippen molar-refractivity contribution in [2.45, 2.75) is 6.42 Å². The fourth-order valence-corrected chi connectivity index (χ4v) is 0.683. The van der Waals surface area contributed by atoms with Crippen LogP contribution < -0.4 is 5.56 Å². The van der Waals surface area contributed by atoms with Crippen molar-refractivity contribution in [1.29, 1.82) is 0 Å². The molecule has 0 saturated carbocycles. The molecule has 1 rings (SSSR count). The maximum absolute atomic E-state index is 10.6. The van der Waals surface area contributed by atoms with E-state index in [1.165, 1.54) is 12.3 Å². The number of rotatable bonds is 1. The Morgan fingerprint density at radius 2 is 2.33 bits per heavy atom. The summed E-state index contributed by atoms with van der Waals surface area (Å²) < 4.78 is 0. The van der Waals surface area contributed by atoms with E-state index in [0.29, 0.717) is 5.56 Å². The van der Waals surface area contributed by atoms with E-state index in [9.17, 15) is 9.59 Å². The van der Waals surface area contributed by atoms with Crippen LogP contribution in [0.25, 0.3) is 0 Å². The molecule has 0 atom stereocenters. The maximum atomic E-state index is 10.6. The Morgan fingerprint density at radius 1 is 1.50 bits per heavy atom. The monoisotopic (exact) mass is 161 g/mol. The van der Waals surface area contributed by atoms with Crippen molar-refractivity contribution in [3.8, 4) is 11.8 Å². The highest BCUT2D eigenvalue weighted by Crippen LogP contribution is 1.88. The molecule has 0 saturated heterocycles. The highest BCUT2D eigenvalue weighted by atomic mass is 16.1. The Bertz CT molecular complexity index is 361. The van der Waals surface area contributed by atoms with E-state index in [2.05, 4.69) is 16.8 Å². The molecule has 1 N–H and O–H groups in total. The minimum absolute atomic E-state index is 0.157. The molecular weight excluding hydrogens is 154 g/mol. The number of nitrogens with one attached hydrogen (secondary N) is 1. The van der Waals surface area contributed by atoms with Crippen molar-refractivity contribution in [2.24, 2.45) is 0 Å². The number of H-pyrrole nitrogens is 1. The van der Waals surface area contributed by atoms with Crippen LogP contribution in [0.5, 0.6) is 0 Å². The van der Waals surface area contributed by atoms with E-state index < -0.39 is 0 Å². The number of aromatic nitrogens is 1. The molecule has 0 unspecified atom stereocenters. The fraction of sp³-hybridized carbons (Fsp3) is 0.111. The third-order valence-electron chi connectivity index (χ3n) is 1.20. The zero-order chi connectivity index (χ0) is 8.81. The first-order valence-corrected chi connectivity index (χ1v) is 3.44. The van der Waals surface area contributed by atoms with Gasteiger partial charge in [-0.2, -0.15) is 0 Å². The van der Waals surface area contributed by atoms with Gasteiger partial charge in [-0.05, 0) is 6.07 Å². The summed E-state index contributed by atoms with van der Waals surface area (Å²) in [6.07, 6.45) is 2.47. The molecular formula is C9H7NO2. The van der Waals surface area contributed by atoms with Crippen molar-refractivity contribution < 1.29 is 4.79 Å². The van der Waals surface area contributed by atoms with E-state index in [0.717, 1.165) is 6.29 Å². The Labute approximate surface area is 69.4 Å².